The van der Waals surface area contributed by atoms with E-state index in [1.54, 1.807) is 0 Å². The first-order chi connectivity index (χ1) is 11.2. The fraction of sp³-hybridized carbons (Fsp3) is 0.857. The maximum absolute atomic E-state index is 11.7. The summed E-state index contributed by atoms with van der Waals surface area (Å²) >= 11 is 0. The van der Waals surface area contributed by atoms with Gasteiger partial charge in [-0.05, 0) is 32.1 Å². The number of esters is 1. The number of allylic oxidation sites excluding steroid dienone is 1. The Bertz CT molecular complexity index is 329. The molecule has 134 valence electrons. The van der Waals surface area contributed by atoms with Gasteiger partial charge >= 0.3 is 5.97 Å². The van der Waals surface area contributed by atoms with Crippen LogP contribution < -0.4 is 0 Å². The van der Waals surface area contributed by atoms with Gasteiger partial charge in [0.05, 0.1) is 13.0 Å². The molecule has 0 aromatic rings. The third kappa shape index (κ3) is 13.4. The summed E-state index contributed by atoms with van der Waals surface area (Å²) in [6.07, 6.45) is 19.5. The molecule has 0 heterocycles. The van der Waals surface area contributed by atoms with E-state index in [1.807, 2.05) is 6.92 Å². The van der Waals surface area contributed by atoms with E-state index in [1.165, 1.54) is 70.6 Å². The Hall–Kier alpha value is -0.790. The van der Waals surface area contributed by atoms with E-state index >= 15 is 0 Å². The summed E-state index contributed by atoms with van der Waals surface area (Å²) in [6.45, 7) is 4.87. The molecule has 0 aliphatic heterocycles. The Morgan fingerprint density at radius 1 is 1.00 bits per heavy atom. The highest BCUT2D eigenvalue weighted by molar-refractivity contribution is 5.72. The van der Waals surface area contributed by atoms with Crippen LogP contribution in [0.1, 0.15) is 104 Å². The van der Waals surface area contributed by atoms with Gasteiger partial charge in [0.2, 0.25) is 0 Å². The van der Waals surface area contributed by atoms with Crippen LogP contribution >= 0.6 is 0 Å². The lowest BCUT2D eigenvalue weighted by Crippen LogP contribution is -2.06. The van der Waals surface area contributed by atoms with Crippen LogP contribution in [-0.4, -0.2) is 12.6 Å². The maximum Gasteiger partial charge on any atom is 0.309 e. The predicted octanol–water partition coefficient (Wildman–Crippen LogP) is 6.59. The van der Waals surface area contributed by atoms with Crippen molar-refractivity contribution in [3.8, 4) is 0 Å². The maximum atomic E-state index is 11.7. The molecule has 0 amide bonds. The van der Waals surface area contributed by atoms with Crippen molar-refractivity contribution in [2.24, 2.45) is 5.92 Å². The fourth-order valence-corrected chi connectivity index (χ4v) is 2.93. The summed E-state index contributed by atoms with van der Waals surface area (Å²) in [5.74, 6) is 1.01. The number of carbonyl (C=O) groups is 1. The van der Waals surface area contributed by atoms with Gasteiger partial charge in [0.1, 0.15) is 0 Å². The second-order valence-electron chi connectivity index (χ2n) is 7.30. The van der Waals surface area contributed by atoms with Gasteiger partial charge in [-0.2, -0.15) is 0 Å². The predicted molar refractivity (Wildman–Crippen MR) is 98.5 cm³/mol. The van der Waals surface area contributed by atoms with Crippen LogP contribution in [0.2, 0.25) is 0 Å². The Morgan fingerprint density at radius 3 is 2.43 bits per heavy atom. The van der Waals surface area contributed by atoms with Gasteiger partial charge in [0.25, 0.3) is 0 Å². The van der Waals surface area contributed by atoms with Crippen molar-refractivity contribution in [3.63, 3.8) is 0 Å². The Labute approximate surface area is 144 Å². The van der Waals surface area contributed by atoms with Crippen molar-refractivity contribution in [1.29, 1.82) is 0 Å². The lowest BCUT2D eigenvalue weighted by molar-refractivity contribution is -0.142. The lowest BCUT2D eigenvalue weighted by Gasteiger charge is -2.05. The van der Waals surface area contributed by atoms with Crippen LogP contribution in [-0.2, 0) is 9.53 Å². The van der Waals surface area contributed by atoms with Gasteiger partial charge < -0.3 is 4.74 Å². The monoisotopic (exact) mass is 322 g/mol. The van der Waals surface area contributed by atoms with Crippen LogP contribution in [0.25, 0.3) is 0 Å². The van der Waals surface area contributed by atoms with Gasteiger partial charge in [0, 0.05) is 0 Å². The number of hydrogen-bond donors (Lipinski definition) is 0. The summed E-state index contributed by atoms with van der Waals surface area (Å²) in [7, 11) is 0. The van der Waals surface area contributed by atoms with Crippen LogP contribution in [0.5, 0.6) is 0 Å². The topological polar surface area (TPSA) is 26.3 Å². The molecule has 2 nitrogen and oxygen atoms in total. The van der Waals surface area contributed by atoms with E-state index in [0.29, 0.717) is 13.0 Å². The molecule has 0 aromatic carbocycles. The minimum absolute atomic E-state index is 0.0546. The molecule has 23 heavy (non-hydrogen) atoms. The summed E-state index contributed by atoms with van der Waals surface area (Å²) in [5.41, 5.74) is 1.16. The third-order valence-electron chi connectivity index (χ3n) is 4.69. The van der Waals surface area contributed by atoms with Crippen LogP contribution in [0.3, 0.4) is 0 Å². The van der Waals surface area contributed by atoms with Crippen molar-refractivity contribution < 1.29 is 9.53 Å². The zero-order valence-electron chi connectivity index (χ0n) is 15.6. The molecule has 0 N–H and O–H groups in total. The second kappa shape index (κ2) is 13.6. The minimum Gasteiger partial charge on any atom is -0.465 e. The third-order valence-corrected chi connectivity index (χ3v) is 4.69. The van der Waals surface area contributed by atoms with Crippen molar-refractivity contribution in [2.75, 3.05) is 6.61 Å². The molecule has 2 heteroatoms. The molecule has 0 unspecified atom stereocenters. The summed E-state index contributed by atoms with van der Waals surface area (Å²) < 4.78 is 5.33. The van der Waals surface area contributed by atoms with Gasteiger partial charge in [-0.1, -0.05) is 82.8 Å². The molecule has 1 aliphatic carbocycles. The second-order valence-corrected chi connectivity index (χ2v) is 7.30. The molecule has 1 fully saturated rings. The van der Waals surface area contributed by atoms with Crippen molar-refractivity contribution >= 4 is 5.97 Å². The van der Waals surface area contributed by atoms with Gasteiger partial charge in [-0.3, -0.25) is 4.79 Å². The van der Waals surface area contributed by atoms with Crippen molar-refractivity contribution in [2.45, 2.75) is 104 Å². The Balaban J connectivity index is 1.87. The number of hydrogen-bond acceptors (Lipinski definition) is 2. The highest BCUT2D eigenvalue weighted by Crippen LogP contribution is 2.34. The van der Waals surface area contributed by atoms with E-state index < -0.39 is 0 Å². The van der Waals surface area contributed by atoms with Crippen LogP contribution in [0, 0.1) is 5.92 Å². The molecular formula is C21H38O2. The van der Waals surface area contributed by atoms with Crippen molar-refractivity contribution in [1.82, 2.24) is 0 Å². The smallest absolute Gasteiger partial charge is 0.309 e. The first-order valence-corrected chi connectivity index (χ1v) is 10.0. The largest absolute Gasteiger partial charge is 0.465 e. The lowest BCUT2D eigenvalue weighted by atomic mass is 10.1. The highest BCUT2D eigenvalue weighted by Gasteiger charge is 2.19. The first-order valence-electron chi connectivity index (χ1n) is 10.0. The first kappa shape index (κ1) is 20.3. The highest BCUT2D eigenvalue weighted by atomic mass is 16.5. The quantitative estimate of drug-likeness (QED) is 0.193. The number of ether oxygens (including phenoxy) is 1. The molecule has 0 atom stereocenters. The summed E-state index contributed by atoms with van der Waals surface area (Å²) in [6, 6.07) is 0. The molecule has 1 saturated carbocycles. The molecular weight excluding hydrogens is 284 g/mol. The van der Waals surface area contributed by atoms with E-state index in [2.05, 4.69) is 13.0 Å². The van der Waals surface area contributed by atoms with Gasteiger partial charge in [-0.15, -0.1) is 0 Å². The van der Waals surface area contributed by atoms with Crippen LogP contribution in [0.4, 0.5) is 0 Å². The average molecular weight is 323 g/mol. The van der Waals surface area contributed by atoms with E-state index in [0.717, 1.165) is 24.3 Å². The fourth-order valence-electron chi connectivity index (χ4n) is 2.93. The summed E-state index contributed by atoms with van der Waals surface area (Å²) in [4.78, 5) is 11.7. The van der Waals surface area contributed by atoms with Gasteiger partial charge in [0.15, 0.2) is 0 Å². The van der Waals surface area contributed by atoms with E-state index in [4.69, 9.17) is 4.74 Å². The molecule has 1 aliphatic rings. The van der Waals surface area contributed by atoms with E-state index in [-0.39, 0.29) is 5.97 Å². The number of rotatable bonds is 15. The van der Waals surface area contributed by atoms with Gasteiger partial charge in [-0.25, -0.2) is 0 Å². The molecule has 0 saturated heterocycles. The minimum atomic E-state index is -0.0546. The Kier molecular flexibility index (Phi) is 12.0. The Morgan fingerprint density at radius 2 is 1.70 bits per heavy atom. The molecule has 0 spiro atoms. The van der Waals surface area contributed by atoms with Crippen LogP contribution in [0.15, 0.2) is 11.6 Å². The van der Waals surface area contributed by atoms with E-state index in [9.17, 15) is 4.79 Å². The molecule has 1 rings (SSSR count). The molecule has 0 aromatic heterocycles. The standard InChI is InChI=1S/C21H38O2/c1-3-4-5-7-10-13-19(2)18-21(22)23-17-12-9-6-8-11-14-20-15-16-20/h13,20H,3-12,14-18H2,1-2H3. The SMILES string of the molecule is CCCCCCC=C(C)CC(=O)OCCCCCCCC1CC1. The normalized spacial score (nSPS) is 15.0. The molecule has 0 bridgehead atoms. The number of carbonyl (C=O) groups excluding carboxylic acids is 1. The summed E-state index contributed by atoms with van der Waals surface area (Å²) in [5, 5.41) is 0. The zero-order valence-corrected chi connectivity index (χ0v) is 15.6. The molecule has 0 radical (unpaired) electrons. The average Bonchev–Trinajstić information content (AvgIpc) is 3.34. The zero-order chi connectivity index (χ0) is 16.8. The van der Waals surface area contributed by atoms with Crippen molar-refractivity contribution in [3.05, 3.63) is 11.6 Å². The number of unbranched alkanes of at least 4 members (excludes halogenated alkanes) is 8.